The molecule has 1 heterocycles. The van der Waals surface area contributed by atoms with Gasteiger partial charge in [-0.3, -0.25) is 14.4 Å². The summed E-state index contributed by atoms with van der Waals surface area (Å²) < 4.78 is 5.12. The summed E-state index contributed by atoms with van der Waals surface area (Å²) >= 11 is 0. The summed E-state index contributed by atoms with van der Waals surface area (Å²) in [7, 11) is 1.61. The highest BCUT2D eigenvalue weighted by atomic mass is 16.5. The van der Waals surface area contributed by atoms with Crippen molar-refractivity contribution in [2.75, 3.05) is 13.7 Å². The Hall–Kier alpha value is -3.68. The van der Waals surface area contributed by atoms with Gasteiger partial charge in [0.1, 0.15) is 11.8 Å². The molecule has 0 bridgehead atoms. The third kappa shape index (κ3) is 5.22. The third-order valence-corrected chi connectivity index (χ3v) is 4.75. The van der Waals surface area contributed by atoms with E-state index in [2.05, 4.69) is 20.8 Å². The quantitative estimate of drug-likeness (QED) is 0.521. The first-order valence-electron chi connectivity index (χ1n) is 9.64. The Balaban J connectivity index is 1.50. The summed E-state index contributed by atoms with van der Waals surface area (Å²) in [4.78, 5) is 36.5. The van der Waals surface area contributed by atoms with Crippen LogP contribution in [0, 0.1) is 0 Å². The minimum absolute atomic E-state index is 0.0409. The van der Waals surface area contributed by atoms with Crippen molar-refractivity contribution in [1.29, 1.82) is 0 Å². The molecule has 156 valence electrons. The molecule has 1 unspecified atom stereocenters. The number of rotatable bonds is 8. The molecule has 0 fully saturated rings. The number of aromatic amines is 1. The van der Waals surface area contributed by atoms with E-state index in [1.165, 1.54) is 0 Å². The maximum absolute atomic E-state index is 12.4. The van der Waals surface area contributed by atoms with E-state index in [4.69, 9.17) is 4.74 Å². The summed E-state index contributed by atoms with van der Waals surface area (Å²) in [5.74, 6) is 0.164. The SMILES string of the molecule is COc1ccc(CCNC(=O)C(C)NC(=O)Cc2n[nH]c(=O)c3ccccc23)cc1. The summed E-state index contributed by atoms with van der Waals surface area (Å²) in [6.07, 6.45) is 0.629. The van der Waals surface area contributed by atoms with Gasteiger partial charge in [-0.25, -0.2) is 5.10 Å². The number of carbonyl (C=O) groups excluding carboxylic acids is 2. The van der Waals surface area contributed by atoms with Crippen molar-refractivity contribution in [3.05, 3.63) is 70.1 Å². The van der Waals surface area contributed by atoms with Crippen LogP contribution >= 0.6 is 0 Å². The number of aromatic nitrogens is 2. The number of methoxy groups -OCH3 is 1. The van der Waals surface area contributed by atoms with Crippen molar-refractivity contribution >= 4 is 22.6 Å². The highest BCUT2D eigenvalue weighted by Gasteiger charge is 2.17. The van der Waals surface area contributed by atoms with Crippen LogP contribution < -0.4 is 20.9 Å². The average molecular weight is 408 g/mol. The van der Waals surface area contributed by atoms with Crippen LogP contribution in [-0.4, -0.2) is 41.7 Å². The van der Waals surface area contributed by atoms with Gasteiger partial charge in [-0.2, -0.15) is 5.10 Å². The monoisotopic (exact) mass is 408 g/mol. The molecule has 0 aliphatic rings. The van der Waals surface area contributed by atoms with Gasteiger partial charge in [0.05, 0.1) is 24.6 Å². The molecule has 0 saturated heterocycles. The smallest absolute Gasteiger partial charge is 0.272 e. The standard InChI is InChI=1S/C22H24N4O4/c1-14(21(28)23-12-11-15-7-9-16(30-2)10-8-15)24-20(27)13-19-17-5-3-4-6-18(17)22(29)26-25-19/h3-10,14H,11-13H2,1-2H3,(H,23,28)(H,24,27)(H,26,29). The Kier molecular flexibility index (Phi) is 6.79. The number of hydrogen-bond donors (Lipinski definition) is 3. The predicted molar refractivity (Wildman–Crippen MR) is 113 cm³/mol. The zero-order valence-corrected chi connectivity index (χ0v) is 16.9. The number of nitrogens with one attached hydrogen (secondary N) is 3. The number of hydrogen-bond acceptors (Lipinski definition) is 5. The van der Waals surface area contributed by atoms with Crippen molar-refractivity contribution in [2.24, 2.45) is 0 Å². The Morgan fingerprint density at radius 2 is 1.80 bits per heavy atom. The van der Waals surface area contributed by atoms with E-state index in [9.17, 15) is 14.4 Å². The minimum atomic E-state index is -0.692. The molecule has 3 N–H and O–H groups in total. The van der Waals surface area contributed by atoms with Crippen molar-refractivity contribution in [1.82, 2.24) is 20.8 Å². The van der Waals surface area contributed by atoms with Crippen LogP contribution in [-0.2, 0) is 22.4 Å². The van der Waals surface area contributed by atoms with Gasteiger partial charge in [0.25, 0.3) is 5.56 Å². The van der Waals surface area contributed by atoms with Crippen LogP contribution in [0.15, 0.2) is 53.3 Å². The zero-order valence-electron chi connectivity index (χ0n) is 16.9. The van der Waals surface area contributed by atoms with Gasteiger partial charge in [0.15, 0.2) is 0 Å². The van der Waals surface area contributed by atoms with Gasteiger partial charge >= 0.3 is 0 Å². The van der Waals surface area contributed by atoms with E-state index >= 15 is 0 Å². The summed E-state index contributed by atoms with van der Waals surface area (Å²) in [5.41, 5.74) is 1.22. The van der Waals surface area contributed by atoms with Crippen LogP contribution in [0.25, 0.3) is 10.8 Å². The van der Waals surface area contributed by atoms with E-state index in [0.29, 0.717) is 29.4 Å². The van der Waals surface area contributed by atoms with E-state index in [0.717, 1.165) is 11.3 Å². The molecule has 0 spiro atoms. The first-order valence-corrected chi connectivity index (χ1v) is 9.64. The fourth-order valence-electron chi connectivity index (χ4n) is 3.09. The summed E-state index contributed by atoms with van der Waals surface area (Å²) in [5, 5.41) is 13.0. The molecular formula is C22H24N4O4. The highest BCUT2D eigenvalue weighted by Crippen LogP contribution is 2.13. The molecule has 30 heavy (non-hydrogen) atoms. The second-order valence-electron chi connectivity index (χ2n) is 6.90. The van der Waals surface area contributed by atoms with Crippen LogP contribution in [0.2, 0.25) is 0 Å². The van der Waals surface area contributed by atoms with E-state index in [-0.39, 0.29) is 23.8 Å². The number of carbonyl (C=O) groups is 2. The number of ether oxygens (including phenoxy) is 1. The van der Waals surface area contributed by atoms with Gasteiger partial charge in [-0.05, 0) is 37.1 Å². The van der Waals surface area contributed by atoms with Gasteiger partial charge in [0.2, 0.25) is 11.8 Å². The first-order chi connectivity index (χ1) is 14.5. The number of fused-ring (bicyclic) bond motifs is 1. The fraction of sp³-hybridized carbons (Fsp3) is 0.273. The molecule has 1 aromatic heterocycles. The molecule has 3 aromatic rings. The lowest BCUT2D eigenvalue weighted by Gasteiger charge is -2.14. The van der Waals surface area contributed by atoms with E-state index in [1.54, 1.807) is 38.3 Å². The third-order valence-electron chi connectivity index (χ3n) is 4.75. The van der Waals surface area contributed by atoms with Crippen LogP contribution in [0.3, 0.4) is 0 Å². The van der Waals surface area contributed by atoms with Crippen LogP contribution in [0.4, 0.5) is 0 Å². The Bertz CT molecular complexity index is 1090. The van der Waals surface area contributed by atoms with Crippen molar-refractivity contribution in [3.8, 4) is 5.75 Å². The Morgan fingerprint density at radius 3 is 2.50 bits per heavy atom. The maximum atomic E-state index is 12.4. The van der Waals surface area contributed by atoms with Gasteiger partial charge in [0, 0.05) is 11.9 Å². The molecule has 0 saturated carbocycles. The van der Waals surface area contributed by atoms with Gasteiger partial charge in [-0.15, -0.1) is 0 Å². The first kappa shape index (κ1) is 21.0. The molecular weight excluding hydrogens is 384 g/mol. The van der Waals surface area contributed by atoms with E-state index < -0.39 is 6.04 Å². The number of benzene rings is 2. The highest BCUT2D eigenvalue weighted by molar-refractivity contribution is 5.91. The molecule has 1 atom stereocenters. The van der Waals surface area contributed by atoms with Gasteiger partial charge < -0.3 is 15.4 Å². The fourth-order valence-corrected chi connectivity index (χ4v) is 3.09. The molecule has 0 radical (unpaired) electrons. The average Bonchev–Trinajstić information content (AvgIpc) is 2.76. The number of nitrogens with zero attached hydrogens (tertiary/aromatic N) is 1. The minimum Gasteiger partial charge on any atom is -0.497 e. The molecule has 8 nitrogen and oxygen atoms in total. The lowest BCUT2D eigenvalue weighted by Crippen LogP contribution is -2.45. The number of amides is 2. The van der Waals surface area contributed by atoms with E-state index in [1.807, 2.05) is 24.3 Å². The van der Waals surface area contributed by atoms with Crippen molar-refractivity contribution in [3.63, 3.8) is 0 Å². The van der Waals surface area contributed by atoms with Gasteiger partial charge in [-0.1, -0.05) is 30.3 Å². The Morgan fingerprint density at radius 1 is 1.10 bits per heavy atom. The summed E-state index contributed by atoms with van der Waals surface area (Å²) in [6.45, 7) is 2.08. The molecule has 3 rings (SSSR count). The normalized spacial score (nSPS) is 11.7. The molecule has 2 aromatic carbocycles. The predicted octanol–water partition coefficient (Wildman–Crippen LogP) is 1.34. The molecule has 2 amide bonds. The molecule has 0 aliphatic heterocycles. The topological polar surface area (TPSA) is 113 Å². The van der Waals surface area contributed by atoms with Crippen LogP contribution in [0.5, 0.6) is 5.75 Å². The molecule has 0 aliphatic carbocycles. The largest absolute Gasteiger partial charge is 0.497 e. The second-order valence-corrected chi connectivity index (χ2v) is 6.90. The van der Waals surface area contributed by atoms with Crippen LogP contribution in [0.1, 0.15) is 18.2 Å². The lowest BCUT2D eigenvalue weighted by atomic mass is 10.1. The number of H-pyrrole nitrogens is 1. The summed E-state index contributed by atoms with van der Waals surface area (Å²) in [6, 6.07) is 13.9. The lowest BCUT2D eigenvalue weighted by molar-refractivity contribution is -0.128. The Labute approximate surface area is 173 Å². The second kappa shape index (κ2) is 9.69. The maximum Gasteiger partial charge on any atom is 0.272 e. The van der Waals surface area contributed by atoms with Crippen molar-refractivity contribution < 1.29 is 14.3 Å². The van der Waals surface area contributed by atoms with Crippen molar-refractivity contribution in [2.45, 2.75) is 25.8 Å². The zero-order chi connectivity index (χ0) is 21.5. The molecule has 8 heteroatoms.